The molecule has 0 radical (unpaired) electrons. The number of methoxy groups -OCH3 is 8. The molecule has 0 aliphatic rings. The average molecular weight is 462 g/mol. The monoisotopic (exact) mass is 462 g/mol. The van der Waals surface area contributed by atoms with E-state index in [9.17, 15) is 4.79 Å². The SMILES string of the molecule is COc1cc(OC)c(-c2oc3c(OC)c(OC)c(OC)c(OC)c3c(=O)c2OC)cc1OC. The van der Waals surface area contributed by atoms with Gasteiger partial charge < -0.3 is 42.3 Å². The van der Waals surface area contributed by atoms with E-state index in [4.69, 9.17) is 42.3 Å². The molecule has 1 heterocycles. The van der Waals surface area contributed by atoms with Crippen LogP contribution in [0.4, 0.5) is 0 Å². The Hall–Kier alpha value is -3.95. The van der Waals surface area contributed by atoms with Gasteiger partial charge in [0.1, 0.15) is 11.1 Å². The molecule has 1 aromatic heterocycles. The largest absolute Gasteiger partial charge is 0.496 e. The Bertz CT molecular complexity index is 1230. The van der Waals surface area contributed by atoms with E-state index in [0.717, 1.165) is 0 Å². The molecule has 0 bridgehead atoms. The Labute approximate surface area is 190 Å². The van der Waals surface area contributed by atoms with Crippen molar-refractivity contribution in [3.05, 3.63) is 22.4 Å². The summed E-state index contributed by atoms with van der Waals surface area (Å²) in [6.45, 7) is 0. The maximum atomic E-state index is 13.6. The number of hydrogen-bond donors (Lipinski definition) is 0. The second kappa shape index (κ2) is 9.68. The topological polar surface area (TPSA) is 104 Å². The van der Waals surface area contributed by atoms with Gasteiger partial charge in [-0.15, -0.1) is 0 Å². The smallest absolute Gasteiger partial charge is 0.239 e. The van der Waals surface area contributed by atoms with Crippen LogP contribution >= 0.6 is 0 Å². The molecule has 3 rings (SSSR count). The molecule has 0 unspecified atom stereocenters. The number of rotatable bonds is 9. The highest BCUT2D eigenvalue weighted by molar-refractivity contribution is 5.97. The van der Waals surface area contributed by atoms with Gasteiger partial charge in [-0.3, -0.25) is 4.79 Å². The predicted octanol–water partition coefficient (Wildman–Crippen LogP) is 3.53. The van der Waals surface area contributed by atoms with Gasteiger partial charge in [0.2, 0.25) is 28.4 Å². The van der Waals surface area contributed by atoms with Crippen molar-refractivity contribution >= 4 is 11.0 Å². The summed E-state index contributed by atoms with van der Waals surface area (Å²) in [5.74, 6) is 1.83. The third-order valence-corrected chi connectivity index (χ3v) is 5.09. The van der Waals surface area contributed by atoms with Crippen molar-refractivity contribution in [2.24, 2.45) is 0 Å². The van der Waals surface area contributed by atoms with Crippen molar-refractivity contribution in [3.8, 4) is 57.3 Å². The van der Waals surface area contributed by atoms with E-state index in [-0.39, 0.29) is 45.5 Å². The highest BCUT2D eigenvalue weighted by atomic mass is 16.6. The summed E-state index contributed by atoms with van der Waals surface area (Å²) in [5.41, 5.74) is -0.0480. The van der Waals surface area contributed by atoms with Crippen LogP contribution in [0, 0.1) is 0 Å². The van der Waals surface area contributed by atoms with E-state index in [0.29, 0.717) is 22.8 Å². The van der Waals surface area contributed by atoms with Gasteiger partial charge in [-0.25, -0.2) is 0 Å². The molecule has 0 N–H and O–H groups in total. The molecule has 0 fully saturated rings. The summed E-state index contributed by atoms with van der Waals surface area (Å²) >= 11 is 0. The first-order valence-electron chi connectivity index (χ1n) is 9.67. The Kier molecular flexibility index (Phi) is 6.95. The summed E-state index contributed by atoms with van der Waals surface area (Å²) in [6, 6.07) is 3.24. The lowest BCUT2D eigenvalue weighted by Gasteiger charge is -2.19. The van der Waals surface area contributed by atoms with Gasteiger partial charge in [0.05, 0.1) is 62.4 Å². The van der Waals surface area contributed by atoms with E-state index in [1.807, 2.05) is 0 Å². The van der Waals surface area contributed by atoms with Crippen molar-refractivity contribution in [1.82, 2.24) is 0 Å². The van der Waals surface area contributed by atoms with Crippen LogP contribution in [0.15, 0.2) is 21.3 Å². The molecule has 2 aromatic carbocycles. The maximum absolute atomic E-state index is 13.6. The van der Waals surface area contributed by atoms with Gasteiger partial charge in [-0.05, 0) is 6.07 Å². The Morgan fingerprint density at radius 3 is 1.52 bits per heavy atom. The molecule has 0 aliphatic heterocycles. The molecule has 0 atom stereocenters. The summed E-state index contributed by atoms with van der Waals surface area (Å²) in [4.78, 5) is 13.6. The van der Waals surface area contributed by atoms with Gasteiger partial charge in [0.25, 0.3) is 0 Å². The Morgan fingerprint density at radius 2 is 1.03 bits per heavy atom. The van der Waals surface area contributed by atoms with Crippen LogP contribution in [0.2, 0.25) is 0 Å². The fraction of sp³-hybridized carbons (Fsp3) is 0.348. The van der Waals surface area contributed by atoms with Crippen molar-refractivity contribution in [2.45, 2.75) is 0 Å². The van der Waals surface area contributed by atoms with Crippen LogP contribution < -0.4 is 43.3 Å². The van der Waals surface area contributed by atoms with E-state index in [2.05, 4.69) is 0 Å². The van der Waals surface area contributed by atoms with Gasteiger partial charge in [-0.2, -0.15) is 0 Å². The zero-order valence-electron chi connectivity index (χ0n) is 19.7. The maximum Gasteiger partial charge on any atom is 0.239 e. The van der Waals surface area contributed by atoms with E-state index < -0.39 is 5.43 Å². The molecule has 0 saturated heterocycles. The first-order chi connectivity index (χ1) is 15.9. The minimum absolute atomic E-state index is 0.0621. The van der Waals surface area contributed by atoms with E-state index in [1.165, 1.54) is 56.9 Å². The standard InChI is InChI=1S/C23H26O10/c1-25-12-10-14(27-3)13(26-2)9-11(12)17-20(29-5)16(24)15-18(28-4)21(30-6)23(32-8)22(31-7)19(15)33-17/h9-10H,1-8H3. The minimum Gasteiger partial charge on any atom is -0.496 e. The quantitative estimate of drug-likeness (QED) is 0.469. The molecule has 3 aromatic rings. The zero-order chi connectivity index (χ0) is 24.3. The summed E-state index contributed by atoms with van der Waals surface area (Å²) in [6.07, 6.45) is 0. The third-order valence-electron chi connectivity index (χ3n) is 5.09. The van der Waals surface area contributed by atoms with Crippen LogP contribution in [0.5, 0.6) is 46.0 Å². The van der Waals surface area contributed by atoms with E-state index >= 15 is 0 Å². The average Bonchev–Trinajstić information content (AvgIpc) is 2.85. The second-order valence-electron chi connectivity index (χ2n) is 6.54. The van der Waals surface area contributed by atoms with Crippen LogP contribution in [0.1, 0.15) is 0 Å². The van der Waals surface area contributed by atoms with Crippen LogP contribution in [-0.4, -0.2) is 56.9 Å². The summed E-state index contributed by atoms with van der Waals surface area (Å²) < 4.78 is 49.9. The number of hydrogen-bond acceptors (Lipinski definition) is 10. The highest BCUT2D eigenvalue weighted by Gasteiger charge is 2.31. The fourth-order valence-corrected chi connectivity index (χ4v) is 3.63. The van der Waals surface area contributed by atoms with E-state index in [1.54, 1.807) is 12.1 Å². The van der Waals surface area contributed by atoms with Gasteiger partial charge in [0.15, 0.2) is 28.6 Å². The van der Waals surface area contributed by atoms with Crippen molar-refractivity contribution in [3.63, 3.8) is 0 Å². The fourth-order valence-electron chi connectivity index (χ4n) is 3.63. The first kappa shape index (κ1) is 23.7. The molecule has 10 nitrogen and oxygen atoms in total. The predicted molar refractivity (Wildman–Crippen MR) is 120 cm³/mol. The summed E-state index contributed by atoms with van der Waals surface area (Å²) in [7, 11) is 11.5. The zero-order valence-corrected chi connectivity index (χ0v) is 19.7. The van der Waals surface area contributed by atoms with Crippen LogP contribution in [0.3, 0.4) is 0 Å². The Balaban J connectivity index is 2.56. The molecule has 10 heteroatoms. The van der Waals surface area contributed by atoms with Crippen molar-refractivity contribution in [1.29, 1.82) is 0 Å². The summed E-state index contributed by atoms with van der Waals surface area (Å²) in [5, 5.41) is 0.0621. The number of fused-ring (bicyclic) bond motifs is 1. The van der Waals surface area contributed by atoms with Gasteiger partial charge in [-0.1, -0.05) is 0 Å². The highest BCUT2D eigenvalue weighted by Crippen LogP contribution is 2.52. The molecular formula is C23H26O10. The molecule has 178 valence electrons. The molecular weight excluding hydrogens is 436 g/mol. The number of benzene rings is 2. The molecule has 0 amide bonds. The van der Waals surface area contributed by atoms with Gasteiger partial charge in [0, 0.05) is 6.07 Å². The van der Waals surface area contributed by atoms with Crippen LogP contribution in [-0.2, 0) is 0 Å². The minimum atomic E-state index is -0.512. The lowest BCUT2D eigenvalue weighted by atomic mass is 10.1. The van der Waals surface area contributed by atoms with Gasteiger partial charge >= 0.3 is 0 Å². The lowest BCUT2D eigenvalue weighted by molar-refractivity contribution is 0.306. The normalized spacial score (nSPS) is 10.5. The molecule has 0 saturated carbocycles. The third kappa shape index (κ3) is 3.67. The van der Waals surface area contributed by atoms with Crippen LogP contribution in [0.25, 0.3) is 22.3 Å². The second-order valence-corrected chi connectivity index (χ2v) is 6.54. The molecule has 0 aliphatic carbocycles. The van der Waals surface area contributed by atoms with Crippen molar-refractivity contribution in [2.75, 3.05) is 56.9 Å². The number of ether oxygens (including phenoxy) is 8. The van der Waals surface area contributed by atoms with Crippen molar-refractivity contribution < 1.29 is 42.3 Å². The molecule has 33 heavy (non-hydrogen) atoms. The lowest BCUT2D eigenvalue weighted by Crippen LogP contribution is -2.11. The Morgan fingerprint density at radius 1 is 0.545 bits per heavy atom. The molecule has 0 spiro atoms. The first-order valence-corrected chi connectivity index (χ1v) is 9.67.